The molecular weight excluding hydrogens is 292 g/mol. The minimum atomic E-state index is 0.566. The topological polar surface area (TPSA) is 49.9 Å². The molecule has 0 amide bonds. The predicted molar refractivity (Wildman–Crippen MR) is 103 cm³/mol. The van der Waals surface area contributed by atoms with Crippen molar-refractivity contribution in [1.82, 2.24) is 0 Å². The fourth-order valence-electron chi connectivity index (χ4n) is 2.95. The molecule has 0 aliphatic heterocycles. The van der Waals surface area contributed by atoms with E-state index in [9.17, 15) is 0 Å². The van der Waals surface area contributed by atoms with Crippen molar-refractivity contribution in [2.45, 2.75) is 20.8 Å². The third kappa shape index (κ3) is 3.09. The SMILES string of the molecule is CC1=C/C(=C(\c2cccc(C)c2)c2ccc(N)c(C)c2)C=CC1=N. The molecule has 2 heteroatoms. The van der Waals surface area contributed by atoms with Crippen LogP contribution in [0, 0.1) is 19.3 Å². The minimum Gasteiger partial charge on any atom is -0.399 e. The Hall–Kier alpha value is -2.87. The van der Waals surface area contributed by atoms with Gasteiger partial charge < -0.3 is 11.1 Å². The zero-order valence-electron chi connectivity index (χ0n) is 14.4. The monoisotopic (exact) mass is 314 g/mol. The Bertz CT molecular complexity index is 911. The zero-order chi connectivity index (χ0) is 17.3. The highest BCUT2D eigenvalue weighted by Gasteiger charge is 2.13. The van der Waals surface area contributed by atoms with Crippen LogP contribution in [0.25, 0.3) is 5.57 Å². The van der Waals surface area contributed by atoms with Gasteiger partial charge in [-0.2, -0.15) is 0 Å². The van der Waals surface area contributed by atoms with E-state index in [1.54, 1.807) is 0 Å². The number of nitrogens with one attached hydrogen (secondary N) is 1. The van der Waals surface area contributed by atoms with Gasteiger partial charge in [-0.1, -0.05) is 42.0 Å². The highest BCUT2D eigenvalue weighted by Crippen LogP contribution is 2.32. The Labute approximate surface area is 143 Å². The fraction of sp³-hybridized carbons (Fsp3) is 0.136. The van der Waals surface area contributed by atoms with Crippen molar-refractivity contribution in [3.05, 3.63) is 94.1 Å². The maximum atomic E-state index is 7.94. The second kappa shape index (κ2) is 6.32. The summed E-state index contributed by atoms with van der Waals surface area (Å²) >= 11 is 0. The second-order valence-corrected chi connectivity index (χ2v) is 6.35. The van der Waals surface area contributed by atoms with Crippen molar-refractivity contribution in [1.29, 1.82) is 5.41 Å². The van der Waals surface area contributed by atoms with Crippen molar-refractivity contribution in [2.24, 2.45) is 0 Å². The molecular formula is C22H22N2. The summed E-state index contributed by atoms with van der Waals surface area (Å²) in [5.41, 5.74) is 15.3. The van der Waals surface area contributed by atoms with Crippen molar-refractivity contribution in [3.63, 3.8) is 0 Å². The van der Waals surface area contributed by atoms with Crippen LogP contribution in [0.4, 0.5) is 5.69 Å². The van der Waals surface area contributed by atoms with Gasteiger partial charge in [0.1, 0.15) is 0 Å². The zero-order valence-corrected chi connectivity index (χ0v) is 14.4. The summed E-state index contributed by atoms with van der Waals surface area (Å²) in [6.07, 6.45) is 5.98. The third-order valence-corrected chi connectivity index (χ3v) is 4.38. The minimum absolute atomic E-state index is 0.566. The van der Waals surface area contributed by atoms with Gasteiger partial charge in [0.15, 0.2) is 0 Å². The van der Waals surface area contributed by atoms with E-state index in [4.69, 9.17) is 11.1 Å². The summed E-state index contributed by atoms with van der Waals surface area (Å²) in [6, 6.07) is 14.7. The molecule has 0 bridgehead atoms. The lowest BCUT2D eigenvalue weighted by molar-refractivity contribution is 1.39. The first-order valence-electron chi connectivity index (χ1n) is 8.09. The summed E-state index contributed by atoms with van der Waals surface area (Å²) in [6.45, 7) is 6.12. The molecule has 3 rings (SSSR count). The first-order valence-corrected chi connectivity index (χ1v) is 8.09. The van der Waals surface area contributed by atoms with Crippen LogP contribution in [0.1, 0.15) is 29.2 Å². The number of aryl methyl sites for hydroxylation is 2. The smallest absolute Gasteiger partial charge is 0.0569 e. The second-order valence-electron chi connectivity index (χ2n) is 6.35. The van der Waals surface area contributed by atoms with Gasteiger partial charge in [0, 0.05) is 5.69 Å². The standard InChI is InChI=1S/C22H22N2/c1-14-5-4-6-17(11-14)22(18-7-9-20(23)15(2)12-18)19-8-10-21(24)16(3)13-19/h4-13,23H,24H2,1-3H3/b22-18+,23-20?. The lowest BCUT2D eigenvalue weighted by Gasteiger charge is -2.17. The molecule has 3 N–H and O–H groups in total. The third-order valence-electron chi connectivity index (χ3n) is 4.38. The van der Waals surface area contributed by atoms with Gasteiger partial charge in [0.2, 0.25) is 0 Å². The summed E-state index contributed by atoms with van der Waals surface area (Å²) in [4.78, 5) is 0. The molecule has 1 aliphatic rings. The molecule has 0 saturated heterocycles. The maximum Gasteiger partial charge on any atom is 0.0569 e. The number of hydrogen-bond donors (Lipinski definition) is 2. The molecule has 0 saturated carbocycles. The number of rotatable bonds is 2. The van der Waals surface area contributed by atoms with Gasteiger partial charge in [-0.05, 0) is 78.5 Å². The Kier molecular flexibility index (Phi) is 4.22. The molecule has 1 aliphatic carbocycles. The van der Waals surface area contributed by atoms with Crippen molar-refractivity contribution >= 4 is 17.0 Å². The lowest BCUT2D eigenvalue weighted by Crippen LogP contribution is -2.02. The molecule has 0 unspecified atom stereocenters. The molecule has 2 aromatic rings. The van der Waals surface area contributed by atoms with Gasteiger partial charge in [0.25, 0.3) is 0 Å². The Morgan fingerprint density at radius 1 is 0.917 bits per heavy atom. The van der Waals surface area contributed by atoms with E-state index >= 15 is 0 Å². The summed E-state index contributed by atoms with van der Waals surface area (Å²) in [5.74, 6) is 0. The normalized spacial score (nSPS) is 16.1. The van der Waals surface area contributed by atoms with E-state index in [2.05, 4.69) is 49.4 Å². The van der Waals surface area contributed by atoms with Crippen LogP contribution < -0.4 is 5.73 Å². The summed E-state index contributed by atoms with van der Waals surface area (Å²) in [7, 11) is 0. The number of nitrogens with two attached hydrogens (primary N) is 1. The summed E-state index contributed by atoms with van der Waals surface area (Å²) < 4.78 is 0. The predicted octanol–water partition coefficient (Wildman–Crippen LogP) is 5.22. The molecule has 0 aromatic heterocycles. The largest absolute Gasteiger partial charge is 0.399 e. The van der Waals surface area contributed by atoms with E-state index in [0.29, 0.717) is 5.71 Å². The molecule has 0 spiro atoms. The summed E-state index contributed by atoms with van der Waals surface area (Å²) in [5, 5.41) is 7.94. The Morgan fingerprint density at radius 2 is 1.67 bits per heavy atom. The number of nitrogen functional groups attached to an aromatic ring is 1. The Balaban J connectivity index is 2.28. The molecule has 24 heavy (non-hydrogen) atoms. The number of anilines is 1. The van der Waals surface area contributed by atoms with Crippen molar-refractivity contribution in [3.8, 4) is 0 Å². The quantitative estimate of drug-likeness (QED) is 0.733. The van der Waals surface area contributed by atoms with Crippen LogP contribution in [0.15, 0.2) is 71.8 Å². The van der Waals surface area contributed by atoms with E-state index in [1.807, 2.05) is 32.1 Å². The molecule has 120 valence electrons. The number of allylic oxidation sites excluding steroid dienone is 5. The van der Waals surface area contributed by atoms with Gasteiger partial charge in [0.05, 0.1) is 5.71 Å². The van der Waals surface area contributed by atoms with E-state index in [0.717, 1.165) is 28.0 Å². The van der Waals surface area contributed by atoms with Gasteiger partial charge in [-0.15, -0.1) is 0 Å². The number of hydrogen-bond acceptors (Lipinski definition) is 2. The molecule has 0 fully saturated rings. The highest BCUT2D eigenvalue weighted by molar-refractivity contribution is 6.08. The first kappa shape index (κ1) is 16.0. The average Bonchev–Trinajstić information content (AvgIpc) is 2.54. The van der Waals surface area contributed by atoms with E-state index < -0.39 is 0 Å². The van der Waals surface area contributed by atoms with E-state index in [-0.39, 0.29) is 0 Å². The van der Waals surface area contributed by atoms with Gasteiger partial charge in [-0.3, -0.25) is 0 Å². The fourth-order valence-corrected chi connectivity index (χ4v) is 2.95. The molecule has 2 nitrogen and oxygen atoms in total. The van der Waals surface area contributed by atoms with Crippen LogP contribution in [-0.4, -0.2) is 5.71 Å². The van der Waals surface area contributed by atoms with Crippen molar-refractivity contribution < 1.29 is 0 Å². The van der Waals surface area contributed by atoms with E-state index in [1.165, 1.54) is 16.7 Å². The van der Waals surface area contributed by atoms with Crippen LogP contribution in [-0.2, 0) is 0 Å². The lowest BCUT2D eigenvalue weighted by atomic mass is 9.88. The molecule has 0 heterocycles. The Morgan fingerprint density at radius 3 is 2.33 bits per heavy atom. The first-order chi connectivity index (χ1) is 11.5. The molecule has 2 aromatic carbocycles. The van der Waals surface area contributed by atoms with Crippen LogP contribution in [0.2, 0.25) is 0 Å². The van der Waals surface area contributed by atoms with Gasteiger partial charge >= 0.3 is 0 Å². The maximum absolute atomic E-state index is 7.94. The van der Waals surface area contributed by atoms with Crippen LogP contribution in [0.3, 0.4) is 0 Å². The van der Waals surface area contributed by atoms with Crippen molar-refractivity contribution in [2.75, 3.05) is 5.73 Å². The molecule has 0 radical (unpaired) electrons. The molecule has 0 atom stereocenters. The van der Waals surface area contributed by atoms with Crippen LogP contribution in [0.5, 0.6) is 0 Å². The highest BCUT2D eigenvalue weighted by atomic mass is 14.5. The average molecular weight is 314 g/mol. The van der Waals surface area contributed by atoms with Crippen LogP contribution >= 0.6 is 0 Å². The van der Waals surface area contributed by atoms with Gasteiger partial charge in [-0.25, -0.2) is 0 Å². The number of benzene rings is 2.